The average Bonchev–Trinajstić information content (AvgIpc) is 3.17. The first-order valence-corrected chi connectivity index (χ1v) is 6.61. The summed E-state index contributed by atoms with van der Waals surface area (Å²) in [6.45, 7) is 0. The largest absolute Gasteiger partial charge is 0.434 e. The smallest absolute Gasteiger partial charge is 0.285 e. The van der Waals surface area contributed by atoms with Crippen LogP contribution < -0.4 is 10.2 Å². The lowest BCUT2D eigenvalue weighted by molar-refractivity contribution is 0.445. The van der Waals surface area contributed by atoms with Gasteiger partial charge in [0.25, 0.3) is 5.88 Å². The predicted molar refractivity (Wildman–Crippen MR) is 73.4 cm³/mol. The predicted octanol–water partition coefficient (Wildman–Crippen LogP) is 3.75. The normalized spacial score (nSPS) is 14.4. The van der Waals surface area contributed by atoms with E-state index in [1.165, 1.54) is 6.07 Å². The summed E-state index contributed by atoms with van der Waals surface area (Å²) in [5.74, 6) is 1.03. The van der Waals surface area contributed by atoms with E-state index in [4.69, 9.17) is 27.9 Å². The molecule has 1 saturated carbocycles. The molecule has 0 spiro atoms. The molecular formula is C13H10Cl2N2O2. The van der Waals surface area contributed by atoms with Crippen molar-refractivity contribution in [2.24, 2.45) is 0 Å². The first-order valence-electron chi connectivity index (χ1n) is 5.86. The van der Waals surface area contributed by atoms with Crippen molar-refractivity contribution in [3.8, 4) is 11.6 Å². The number of nitrogens with zero attached hydrogens (tertiary/aromatic N) is 1. The van der Waals surface area contributed by atoms with Crippen molar-refractivity contribution in [1.82, 2.24) is 10.2 Å². The van der Waals surface area contributed by atoms with E-state index in [2.05, 4.69) is 10.2 Å². The van der Waals surface area contributed by atoms with Crippen LogP contribution in [-0.2, 0) is 0 Å². The van der Waals surface area contributed by atoms with Gasteiger partial charge >= 0.3 is 0 Å². The number of hydrogen-bond donors (Lipinski definition) is 1. The van der Waals surface area contributed by atoms with Gasteiger partial charge in [0.05, 0.1) is 0 Å². The van der Waals surface area contributed by atoms with Crippen LogP contribution in [0.2, 0.25) is 10.2 Å². The fourth-order valence-electron chi connectivity index (χ4n) is 1.87. The molecule has 0 atom stereocenters. The zero-order valence-corrected chi connectivity index (χ0v) is 11.3. The monoisotopic (exact) mass is 296 g/mol. The number of H-pyrrole nitrogens is 1. The summed E-state index contributed by atoms with van der Waals surface area (Å²) >= 11 is 11.6. The van der Waals surface area contributed by atoms with Crippen LogP contribution in [0.15, 0.2) is 29.1 Å². The Kier molecular flexibility index (Phi) is 3.21. The van der Waals surface area contributed by atoms with Crippen LogP contribution in [0, 0.1) is 0 Å². The summed E-state index contributed by atoms with van der Waals surface area (Å²) in [5.41, 5.74) is 0.686. The van der Waals surface area contributed by atoms with E-state index in [1.54, 1.807) is 6.07 Å². The SMILES string of the molecule is O=c1cc(Cl)[nH]nc1Oc1cc(Cl)ccc1C1CC1. The molecule has 0 radical (unpaired) electrons. The van der Waals surface area contributed by atoms with Crippen LogP contribution in [0.4, 0.5) is 0 Å². The third-order valence-corrected chi connectivity index (χ3v) is 3.36. The van der Waals surface area contributed by atoms with Crippen LogP contribution in [0.25, 0.3) is 0 Å². The molecule has 6 heteroatoms. The van der Waals surface area contributed by atoms with Crippen molar-refractivity contribution in [2.45, 2.75) is 18.8 Å². The lowest BCUT2D eigenvalue weighted by Gasteiger charge is -2.09. The minimum Gasteiger partial charge on any atom is -0.434 e. The van der Waals surface area contributed by atoms with Gasteiger partial charge in [-0.1, -0.05) is 29.3 Å². The Morgan fingerprint density at radius 2 is 2.05 bits per heavy atom. The minimum absolute atomic E-state index is 0.0337. The highest BCUT2D eigenvalue weighted by atomic mass is 35.5. The second-order valence-corrected chi connectivity index (χ2v) is 5.29. The molecule has 1 aliphatic rings. The Bertz CT molecular complexity index is 681. The summed E-state index contributed by atoms with van der Waals surface area (Å²) in [4.78, 5) is 11.7. The maximum atomic E-state index is 11.7. The van der Waals surface area contributed by atoms with Gasteiger partial charge < -0.3 is 4.74 Å². The summed E-state index contributed by atoms with van der Waals surface area (Å²) in [5, 5.41) is 7.02. The Balaban J connectivity index is 1.98. The van der Waals surface area contributed by atoms with Gasteiger partial charge in [0.1, 0.15) is 10.9 Å². The molecule has 0 saturated heterocycles. The van der Waals surface area contributed by atoms with Crippen molar-refractivity contribution in [1.29, 1.82) is 0 Å². The quantitative estimate of drug-likeness (QED) is 0.938. The molecule has 98 valence electrons. The molecule has 19 heavy (non-hydrogen) atoms. The highest BCUT2D eigenvalue weighted by Gasteiger charge is 2.27. The summed E-state index contributed by atoms with van der Waals surface area (Å²) in [6, 6.07) is 6.68. The van der Waals surface area contributed by atoms with E-state index in [1.807, 2.05) is 12.1 Å². The first kappa shape index (κ1) is 12.5. The molecule has 0 aliphatic heterocycles. The Labute approximate surface area is 119 Å². The van der Waals surface area contributed by atoms with Crippen LogP contribution in [0.3, 0.4) is 0 Å². The van der Waals surface area contributed by atoms with E-state index < -0.39 is 0 Å². The third kappa shape index (κ3) is 2.74. The highest BCUT2D eigenvalue weighted by Crippen LogP contribution is 2.45. The zero-order valence-electron chi connectivity index (χ0n) is 9.82. The van der Waals surface area contributed by atoms with E-state index in [9.17, 15) is 4.79 Å². The summed E-state index contributed by atoms with van der Waals surface area (Å²) in [6.07, 6.45) is 2.25. The fraction of sp³-hybridized carbons (Fsp3) is 0.231. The van der Waals surface area contributed by atoms with Gasteiger partial charge in [0.15, 0.2) is 0 Å². The average molecular weight is 297 g/mol. The molecule has 0 bridgehead atoms. The minimum atomic E-state index is -0.370. The maximum absolute atomic E-state index is 11.7. The lowest BCUT2D eigenvalue weighted by atomic mass is 10.1. The van der Waals surface area contributed by atoms with Gasteiger partial charge in [-0.2, -0.15) is 0 Å². The molecule has 3 rings (SSSR count). The van der Waals surface area contributed by atoms with E-state index in [0.717, 1.165) is 18.4 Å². The lowest BCUT2D eigenvalue weighted by Crippen LogP contribution is -2.08. The third-order valence-electron chi connectivity index (χ3n) is 2.93. The Morgan fingerprint density at radius 3 is 2.74 bits per heavy atom. The van der Waals surface area contributed by atoms with Crippen molar-refractivity contribution in [2.75, 3.05) is 0 Å². The molecule has 0 amide bonds. The zero-order chi connectivity index (χ0) is 13.4. The highest BCUT2D eigenvalue weighted by molar-refractivity contribution is 6.30. The molecule has 1 aliphatic carbocycles. The van der Waals surface area contributed by atoms with E-state index >= 15 is 0 Å². The van der Waals surface area contributed by atoms with Crippen molar-refractivity contribution >= 4 is 23.2 Å². The van der Waals surface area contributed by atoms with Crippen molar-refractivity contribution in [3.63, 3.8) is 0 Å². The number of ether oxygens (including phenoxy) is 1. The number of aromatic nitrogens is 2. The van der Waals surface area contributed by atoms with Crippen LogP contribution in [0.1, 0.15) is 24.3 Å². The summed E-state index contributed by atoms with van der Waals surface area (Å²) < 4.78 is 5.58. The van der Waals surface area contributed by atoms with Gasteiger partial charge in [-0.25, -0.2) is 0 Å². The first-order chi connectivity index (χ1) is 9.13. The standard InChI is InChI=1S/C13H10Cl2N2O2/c14-8-3-4-9(7-1-2-7)11(5-8)19-13-10(18)6-12(15)16-17-13/h3-7H,1-2H2,(H,16,18). The van der Waals surface area contributed by atoms with Crippen molar-refractivity contribution < 1.29 is 4.74 Å². The Hall–Kier alpha value is -1.52. The second-order valence-electron chi connectivity index (χ2n) is 4.44. The van der Waals surface area contributed by atoms with Gasteiger partial charge in [-0.15, -0.1) is 5.10 Å². The van der Waals surface area contributed by atoms with Gasteiger partial charge in [-0.05, 0) is 36.5 Å². The number of benzene rings is 1. The number of hydrogen-bond acceptors (Lipinski definition) is 3. The Morgan fingerprint density at radius 1 is 1.26 bits per heavy atom. The van der Waals surface area contributed by atoms with Gasteiger partial charge in [-0.3, -0.25) is 9.89 Å². The molecule has 4 nitrogen and oxygen atoms in total. The molecule has 2 aromatic rings. The van der Waals surface area contributed by atoms with E-state index in [-0.39, 0.29) is 16.5 Å². The molecule has 1 N–H and O–H groups in total. The van der Waals surface area contributed by atoms with Crippen LogP contribution >= 0.6 is 23.2 Å². The molecule has 1 fully saturated rings. The summed E-state index contributed by atoms with van der Waals surface area (Å²) in [7, 11) is 0. The topological polar surface area (TPSA) is 55.0 Å². The van der Waals surface area contributed by atoms with Gasteiger partial charge in [0.2, 0.25) is 5.43 Å². The molecule has 1 heterocycles. The molecule has 1 aromatic heterocycles. The number of rotatable bonds is 3. The number of halogens is 2. The molecule has 1 aromatic carbocycles. The number of nitrogens with one attached hydrogen (secondary N) is 1. The maximum Gasteiger partial charge on any atom is 0.285 e. The molecular weight excluding hydrogens is 287 g/mol. The second kappa shape index (κ2) is 4.87. The van der Waals surface area contributed by atoms with E-state index in [0.29, 0.717) is 16.7 Å². The molecule has 0 unspecified atom stereocenters. The van der Waals surface area contributed by atoms with Crippen molar-refractivity contribution in [3.05, 3.63) is 50.2 Å². The fourth-order valence-corrected chi connectivity index (χ4v) is 2.18. The van der Waals surface area contributed by atoms with Crippen LogP contribution in [0.5, 0.6) is 11.6 Å². The number of aromatic amines is 1. The van der Waals surface area contributed by atoms with Gasteiger partial charge in [0, 0.05) is 11.1 Å². The van der Waals surface area contributed by atoms with Crippen LogP contribution in [-0.4, -0.2) is 10.2 Å².